The first-order valence-corrected chi connectivity index (χ1v) is 18.0. The van der Waals surface area contributed by atoms with Crippen LogP contribution in [-0.4, -0.2) is 114 Å². The molecule has 0 aliphatic heterocycles. The van der Waals surface area contributed by atoms with E-state index in [4.69, 9.17) is 14.2 Å². The van der Waals surface area contributed by atoms with Crippen LogP contribution in [0.5, 0.6) is 5.75 Å². The lowest BCUT2D eigenvalue weighted by Crippen LogP contribution is -2.54. The van der Waals surface area contributed by atoms with Crippen LogP contribution in [0, 0.1) is 46.8 Å². The van der Waals surface area contributed by atoms with Crippen molar-refractivity contribution in [1.29, 1.82) is 0 Å². The molecule has 0 aliphatic rings. The predicted octanol–water partition coefficient (Wildman–Crippen LogP) is 4.33. The zero-order valence-corrected chi connectivity index (χ0v) is 33.6. The van der Waals surface area contributed by atoms with Gasteiger partial charge in [0.15, 0.2) is 18.3 Å². The van der Waals surface area contributed by atoms with Crippen molar-refractivity contribution in [2.75, 3.05) is 21.1 Å². The Bertz CT molecular complexity index is 1590. The Kier molecular flexibility index (Phi) is 18.8. The molecule has 0 fully saturated rings. The average Bonchev–Trinajstić information content (AvgIpc) is 3.16. The van der Waals surface area contributed by atoms with E-state index in [1.54, 1.807) is 34.6 Å². The lowest BCUT2D eigenvalue weighted by Gasteiger charge is -2.35. The van der Waals surface area contributed by atoms with E-state index in [0.29, 0.717) is 19.3 Å². The molecule has 9 atom stereocenters. The Morgan fingerprint density at radius 1 is 0.518 bits per heavy atom. The van der Waals surface area contributed by atoms with Gasteiger partial charge in [0.2, 0.25) is 41.2 Å². The third kappa shape index (κ3) is 11.6. The van der Waals surface area contributed by atoms with Gasteiger partial charge in [-0.2, -0.15) is 8.78 Å². The quantitative estimate of drug-likeness (QED) is 0.0350. The molecule has 0 spiro atoms. The molecule has 14 nitrogen and oxygen atoms in total. The molecule has 0 radical (unpaired) electrons. The van der Waals surface area contributed by atoms with Crippen LogP contribution >= 0.6 is 0 Å². The van der Waals surface area contributed by atoms with E-state index in [9.17, 15) is 55.5 Å². The fraction of sp³-hybridized carbons (Fsp3) is 0.649. The number of ether oxygens (including phenoxy) is 4. The molecule has 0 aliphatic carbocycles. The first-order chi connectivity index (χ1) is 25.9. The summed E-state index contributed by atoms with van der Waals surface area (Å²) in [5.41, 5.74) is 0. The van der Waals surface area contributed by atoms with Crippen molar-refractivity contribution < 1.29 is 74.5 Å². The summed E-state index contributed by atoms with van der Waals surface area (Å²) in [6, 6.07) is -3.71. The number of esters is 4. The molecule has 0 heterocycles. The smallest absolute Gasteiger partial charge is 0.352 e. The van der Waals surface area contributed by atoms with Crippen LogP contribution in [0.4, 0.5) is 22.0 Å². The van der Waals surface area contributed by atoms with Crippen LogP contribution in [0.2, 0.25) is 0 Å². The highest BCUT2D eigenvalue weighted by molar-refractivity contribution is 5.92. The number of hydrogen-bond acceptors (Lipinski definition) is 11. The molecule has 0 bridgehead atoms. The van der Waals surface area contributed by atoms with Gasteiger partial charge in [-0.3, -0.25) is 14.4 Å². The van der Waals surface area contributed by atoms with E-state index in [1.807, 2.05) is 6.92 Å². The van der Waals surface area contributed by atoms with E-state index < -0.39 is 119 Å². The monoisotopic (exact) mass is 809 g/mol. The number of benzene rings is 1. The topological polar surface area (TPSA) is 166 Å². The number of carbonyl (C=O) groups is 7. The van der Waals surface area contributed by atoms with Gasteiger partial charge in [-0.05, 0) is 38.5 Å². The zero-order chi connectivity index (χ0) is 43.5. The summed E-state index contributed by atoms with van der Waals surface area (Å²) < 4.78 is 89.1. The van der Waals surface area contributed by atoms with E-state index in [0.717, 1.165) is 21.6 Å². The molecule has 0 saturated heterocycles. The van der Waals surface area contributed by atoms with Gasteiger partial charge in [-0.15, -0.1) is 0 Å². The molecule has 19 heteroatoms. The van der Waals surface area contributed by atoms with Crippen molar-refractivity contribution in [2.45, 2.75) is 118 Å². The second-order valence-electron chi connectivity index (χ2n) is 13.7. The summed E-state index contributed by atoms with van der Waals surface area (Å²) in [6.07, 6.45) is -3.32. The standard InChI is InChI=1S/C37H52F5N3O11/c1-13-17(4)28(43(10)16-46)35(50)53-20(7)32(47)44(11)29(18(5)14-2)36(51)54-21(8)33(48)45(12)30(19(6)15-3)37(52)55-22(9)34(49)56-31-26(41)24(39)23(38)25(40)27(31)42/h16-22,28-30H,13-15H2,1-12H3. The third-order valence-corrected chi connectivity index (χ3v) is 9.69. The highest BCUT2D eigenvalue weighted by Gasteiger charge is 2.41. The SMILES string of the molecule is CCC(C)C(C(=O)OC(C)C(=O)N(C)C(C(=O)OC(C)C(=O)N(C)C(C(=O)OC(C)C(=O)Oc1c(F)c(F)c(F)c(F)c1F)C(C)CC)C(C)CC)N(C)C=O. The number of rotatable bonds is 20. The summed E-state index contributed by atoms with van der Waals surface area (Å²) in [4.78, 5) is 94.0. The van der Waals surface area contributed by atoms with E-state index in [1.165, 1.54) is 35.0 Å². The largest absolute Gasteiger partial charge is 0.451 e. The minimum Gasteiger partial charge on any atom is -0.451 e. The lowest BCUT2D eigenvalue weighted by atomic mass is 9.97. The molecular weight excluding hydrogens is 757 g/mol. The number of halogens is 5. The molecular formula is C37H52F5N3O11. The van der Waals surface area contributed by atoms with E-state index >= 15 is 0 Å². The molecule has 0 aromatic heterocycles. The fourth-order valence-electron chi connectivity index (χ4n) is 5.67. The summed E-state index contributed by atoms with van der Waals surface area (Å²) in [5, 5.41) is 0. The van der Waals surface area contributed by atoms with E-state index in [2.05, 4.69) is 4.74 Å². The highest BCUT2D eigenvalue weighted by Crippen LogP contribution is 2.30. The van der Waals surface area contributed by atoms with Crippen molar-refractivity contribution in [2.24, 2.45) is 17.8 Å². The Morgan fingerprint density at radius 3 is 1.16 bits per heavy atom. The van der Waals surface area contributed by atoms with Crippen molar-refractivity contribution >= 4 is 42.1 Å². The normalized spacial score (nSPS) is 16.0. The predicted molar refractivity (Wildman–Crippen MR) is 188 cm³/mol. The molecule has 1 aromatic rings. The zero-order valence-electron chi connectivity index (χ0n) is 33.6. The molecule has 1 rings (SSSR count). The maximum absolute atomic E-state index is 14.1. The Labute approximate surface area is 322 Å². The fourth-order valence-corrected chi connectivity index (χ4v) is 5.67. The average molecular weight is 810 g/mol. The van der Waals surface area contributed by atoms with Gasteiger partial charge in [0.1, 0.15) is 18.1 Å². The molecule has 9 unspecified atom stereocenters. The molecule has 0 saturated carbocycles. The Hall–Kier alpha value is -4.84. The third-order valence-electron chi connectivity index (χ3n) is 9.69. The van der Waals surface area contributed by atoms with Gasteiger partial charge < -0.3 is 33.6 Å². The van der Waals surface area contributed by atoms with Crippen LogP contribution in [0.1, 0.15) is 81.6 Å². The van der Waals surface area contributed by atoms with Gasteiger partial charge in [0.25, 0.3) is 11.8 Å². The highest BCUT2D eigenvalue weighted by atomic mass is 19.2. The summed E-state index contributed by atoms with van der Waals surface area (Å²) in [5.74, 6) is -22.0. The summed E-state index contributed by atoms with van der Waals surface area (Å²) in [7, 11) is 3.87. The minimum absolute atomic E-state index is 0.254. The Morgan fingerprint density at radius 2 is 0.821 bits per heavy atom. The summed E-state index contributed by atoms with van der Waals surface area (Å²) in [6.45, 7) is 13.5. The van der Waals surface area contributed by atoms with Gasteiger partial charge in [0, 0.05) is 21.1 Å². The lowest BCUT2D eigenvalue weighted by molar-refractivity contribution is -0.174. The van der Waals surface area contributed by atoms with Crippen LogP contribution in [0.15, 0.2) is 0 Å². The van der Waals surface area contributed by atoms with Gasteiger partial charge in [0.05, 0.1) is 0 Å². The second-order valence-corrected chi connectivity index (χ2v) is 13.7. The molecule has 0 N–H and O–H groups in total. The molecule has 316 valence electrons. The molecule has 3 amide bonds. The van der Waals surface area contributed by atoms with Gasteiger partial charge in [-0.1, -0.05) is 60.8 Å². The second kappa shape index (κ2) is 21.5. The van der Waals surface area contributed by atoms with Crippen molar-refractivity contribution in [1.82, 2.24) is 14.7 Å². The Balaban J connectivity index is 3.20. The number of likely N-dealkylation sites (N-methyl/N-ethyl adjacent to an activating group) is 3. The van der Waals surface area contributed by atoms with Gasteiger partial charge >= 0.3 is 23.9 Å². The van der Waals surface area contributed by atoms with E-state index in [-0.39, 0.29) is 12.3 Å². The van der Waals surface area contributed by atoms with Gasteiger partial charge in [-0.25, -0.2) is 32.3 Å². The van der Waals surface area contributed by atoms with Crippen molar-refractivity contribution in [3.05, 3.63) is 29.1 Å². The molecule has 1 aromatic carbocycles. The van der Waals surface area contributed by atoms with Crippen LogP contribution < -0.4 is 4.74 Å². The minimum atomic E-state index is -2.48. The number of carbonyl (C=O) groups excluding carboxylic acids is 7. The maximum atomic E-state index is 14.1. The number of amides is 3. The summed E-state index contributed by atoms with van der Waals surface area (Å²) >= 11 is 0. The van der Waals surface area contributed by atoms with Crippen LogP contribution in [0.25, 0.3) is 0 Å². The van der Waals surface area contributed by atoms with Crippen LogP contribution in [-0.2, 0) is 47.8 Å². The number of nitrogens with zero attached hydrogens (tertiary/aromatic N) is 3. The molecule has 56 heavy (non-hydrogen) atoms. The first kappa shape index (κ1) is 49.2. The van der Waals surface area contributed by atoms with Crippen LogP contribution in [0.3, 0.4) is 0 Å². The first-order valence-electron chi connectivity index (χ1n) is 18.0. The van der Waals surface area contributed by atoms with Crippen molar-refractivity contribution in [3.8, 4) is 5.75 Å². The number of hydrogen-bond donors (Lipinski definition) is 0. The van der Waals surface area contributed by atoms with Crippen molar-refractivity contribution in [3.63, 3.8) is 0 Å². The maximum Gasteiger partial charge on any atom is 0.352 e.